The van der Waals surface area contributed by atoms with Crippen LogP contribution in [0.2, 0.25) is 4.34 Å². The minimum atomic E-state index is -0.331. The van der Waals surface area contributed by atoms with Crippen molar-refractivity contribution >= 4 is 63.2 Å². The van der Waals surface area contributed by atoms with Crippen LogP contribution in [0, 0.1) is 0 Å². The van der Waals surface area contributed by atoms with Gasteiger partial charge in [-0.05, 0) is 35.8 Å². The highest BCUT2D eigenvalue weighted by Gasteiger charge is 2.21. The zero-order chi connectivity index (χ0) is 25.2. The highest BCUT2D eigenvalue weighted by Crippen LogP contribution is 2.26. The number of nitrogens with zero attached hydrogens (tertiary/aromatic N) is 6. The Labute approximate surface area is 223 Å². The summed E-state index contributed by atoms with van der Waals surface area (Å²) in [6.07, 6.45) is 3.37. The molecule has 9 nitrogen and oxygen atoms in total. The first-order chi connectivity index (χ1) is 17.4. The molecule has 184 valence electrons. The number of carbonyl (C=O) groups is 1. The molecule has 0 saturated carbocycles. The van der Waals surface area contributed by atoms with Crippen molar-refractivity contribution in [1.29, 1.82) is 0 Å². The number of thiophene rings is 1. The number of carbonyl (C=O) groups excluding carboxylic acids is 1. The molecule has 13 heteroatoms. The minimum absolute atomic E-state index is 0.222. The number of aromatic nitrogens is 5. The fraction of sp³-hybridized carbons (Fsp3) is 0.174. The van der Waals surface area contributed by atoms with Crippen molar-refractivity contribution in [2.24, 2.45) is 0 Å². The smallest absolute Gasteiger partial charge is 0.291 e. The number of hydrogen-bond acceptors (Lipinski definition) is 10. The van der Waals surface area contributed by atoms with Gasteiger partial charge in [0.25, 0.3) is 11.5 Å². The number of thiazole rings is 1. The zero-order valence-corrected chi connectivity index (χ0v) is 22.4. The van der Waals surface area contributed by atoms with Crippen LogP contribution in [0.1, 0.15) is 20.2 Å². The van der Waals surface area contributed by atoms with Gasteiger partial charge >= 0.3 is 0 Å². The monoisotopic (exact) mass is 557 g/mol. The molecule has 5 aromatic heterocycles. The van der Waals surface area contributed by atoms with E-state index in [9.17, 15) is 9.59 Å². The summed E-state index contributed by atoms with van der Waals surface area (Å²) in [4.78, 5) is 34.4. The predicted octanol–water partition coefficient (Wildman–Crippen LogP) is 4.75. The molecular weight excluding hydrogens is 538 g/mol. The van der Waals surface area contributed by atoms with Crippen molar-refractivity contribution in [3.8, 4) is 11.3 Å². The van der Waals surface area contributed by atoms with E-state index in [2.05, 4.69) is 19.8 Å². The molecule has 5 aromatic rings. The van der Waals surface area contributed by atoms with Crippen LogP contribution in [0.3, 0.4) is 0 Å². The highest BCUT2D eigenvalue weighted by molar-refractivity contribution is 7.16. The summed E-state index contributed by atoms with van der Waals surface area (Å²) >= 11 is 10.1. The first-order valence-corrected chi connectivity index (χ1v) is 13.6. The van der Waals surface area contributed by atoms with Crippen LogP contribution in [0.5, 0.6) is 0 Å². The second-order valence-electron chi connectivity index (χ2n) is 7.99. The first-order valence-electron chi connectivity index (χ1n) is 10.7. The fourth-order valence-corrected chi connectivity index (χ4v) is 5.60. The Morgan fingerprint density at radius 2 is 2.08 bits per heavy atom. The Morgan fingerprint density at radius 1 is 1.22 bits per heavy atom. The van der Waals surface area contributed by atoms with Gasteiger partial charge in [-0.15, -0.1) is 22.7 Å². The van der Waals surface area contributed by atoms with Crippen molar-refractivity contribution in [3.63, 3.8) is 0 Å². The third-order valence-corrected chi connectivity index (χ3v) is 7.90. The zero-order valence-electron chi connectivity index (χ0n) is 19.2. The highest BCUT2D eigenvalue weighted by atomic mass is 35.5. The number of halogens is 1. The van der Waals surface area contributed by atoms with E-state index in [-0.39, 0.29) is 11.5 Å². The Morgan fingerprint density at radius 3 is 2.75 bits per heavy atom. The molecule has 36 heavy (non-hydrogen) atoms. The molecule has 0 atom stereocenters. The summed E-state index contributed by atoms with van der Waals surface area (Å²) in [6, 6.07) is 8.89. The van der Waals surface area contributed by atoms with Crippen LogP contribution in [0.4, 0.5) is 11.5 Å². The summed E-state index contributed by atoms with van der Waals surface area (Å²) in [5.74, 6) is 0.135. The first kappa shape index (κ1) is 24.4. The molecule has 0 radical (unpaired) electrons. The molecule has 5 heterocycles. The second kappa shape index (κ2) is 10.3. The summed E-state index contributed by atoms with van der Waals surface area (Å²) in [5.41, 5.74) is 3.91. The summed E-state index contributed by atoms with van der Waals surface area (Å²) in [7, 11) is 3.81. The molecular formula is C23H20ClN7O2S3. The molecule has 0 unspecified atom stereocenters. The van der Waals surface area contributed by atoms with E-state index in [0.29, 0.717) is 39.4 Å². The van der Waals surface area contributed by atoms with Crippen molar-refractivity contribution in [2.75, 3.05) is 24.3 Å². The predicted molar refractivity (Wildman–Crippen MR) is 146 cm³/mol. The van der Waals surface area contributed by atoms with Gasteiger partial charge in [-0.2, -0.15) is 9.78 Å². The summed E-state index contributed by atoms with van der Waals surface area (Å²) in [6.45, 7) is 0.784. The maximum Gasteiger partial charge on any atom is 0.291 e. The summed E-state index contributed by atoms with van der Waals surface area (Å²) in [5, 5.41) is 9.75. The van der Waals surface area contributed by atoms with E-state index < -0.39 is 0 Å². The Bertz CT molecular complexity index is 1550. The SMILES string of the molecule is CN(C)c1cc(-c2cc(NCc3ccc(Cl)s3)n(C(=O)c3ccns3)n2)c(=O)n(Cc2cscn2)c1. The van der Waals surface area contributed by atoms with E-state index in [0.717, 1.165) is 27.8 Å². The standard InChI is InChI=1S/C23H20ClN7O2S3/c1-29(2)15-7-17(22(32)30(11-15)10-14-12-34-13-26-14)18-8-21(25-9-16-3-4-20(24)35-16)31(28-18)23(33)19-5-6-27-36-19/h3-8,11-13,25H,9-10H2,1-2H3. The van der Waals surface area contributed by atoms with Gasteiger partial charge in [0, 0.05) is 42.8 Å². The van der Waals surface area contributed by atoms with Gasteiger partial charge in [0.1, 0.15) is 16.4 Å². The van der Waals surface area contributed by atoms with Gasteiger partial charge in [-0.1, -0.05) is 11.6 Å². The molecule has 0 aliphatic carbocycles. The Balaban J connectivity index is 1.58. The van der Waals surface area contributed by atoms with E-state index >= 15 is 0 Å². The van der Waals surface area contributed by atoms with Gasteiger partial charge in [-0.3, -0.25) is 9.59 Å². The van der Waals surface area contributed by atoms with Gasteiger partial charge in [0.2, 0.25) is 0 Å². The van der Waals surface area contributed by atoms with Crippen molar-refractivity contribution in [1.82, 2.24) is 23.7 Å². The second-order valence-corrected chi connectivity index (χ2v) is 11.3. The lowest BCUT2D eigenvalue weighted by Gasteiger charge is -2.16. The van der Waals surface area contributed by atoms with Crippen molar-refractivity contribution in [3.05, 3.63) is 83.8 Å². The lowest BCUT2D eigenvalue weighted by molar-refractivity contribution is 0.0952. The number of nitrogens with one attached hydrogen (secondary N) is 1. The normalized spacial score (nSPS) is 11.1. The Kier molecular flexibility index (Phi) is 7.01. The fourth-order valence-electron chi connectivity index (χ4n) is 3.50. The lowest BCUT2D eigenvalue weighted by atomic mass is 10.2. The minimum Gasteiger partial charge on any atom is -0.376 e. The Hall–Kier alpha value is -3.32. The van der Waals surface area contributed by atoms with Gasteiger partial charge < -0.3 is 14.8 Å². The maximum absolute atomic E-state index is 13.5. The molecule has 0 amide bonds. The van der Waals surface area contributed by atoms with Crippen LogP contribution in [0.25, 0.3) is 11.3 Å². The molecule has 0 bridgehead atoms. The van der Waals surface area contributed by atoms with Gasteiger partial charge in [-0.25, -0.2) is 9.36 Å². The molecule has 5 rings (SSSR count). The van der Waals surface area contributed by atoms with Crippen LogP contribution in [-0.2, 0) is 13.1 Å². The van der Waals surface area contributed by atoms with Crippen LogP contribution >= 0.6 is 45.8 Å². The topological polar surface area (TPSA) is 97.9 Å². The number of hydrogen-bond donors (Lipinski definition) is 1. The van der Waals surface area contributed by atoms with Gasteiger partial charge in [0.15, 0.2) is 0 Å². The lowest BCUT2D eigenvalue weighted by Crippen LogP contribution is -2.24. The van der Waals surface area contributed by atoms with Crippen LogP contribution in [-0.4, -0.2) is 43.7 Å². The molecule has 0 aliphatic rings. The molecule has 0 spiro atoms. The summed E-state index contributed by atoms with van der Waals surface area (Å²) < 4.78 is 7.62. The van der Waals surface area contributed by atoms with E-state index in [1.165, 1.54) is 27.4 Å². The van der Waals surface area contributed by atoms with Crippen LogP contribution < -0.4 is 15.8 Å². The quantitative estimate of drug-likeness (QED) is 0.294. The van der Waals surface area contributed by atoms with E-state index in [1.54, 1.807) is 40.7 Å². The molecule has 0 aromatic carbocycles. The van der Waals surface area contributed by atoms with Crippen molar-refractivity contribution < 1.29 is 4.79 Å². The van der Waals surface area contributed by atoms with E-state index in [4.69, 9.17) is 11.6 Å². The van der Waals surface area contributed by atoms with Crippen molar-refractivity contribution in [2.45, 2.75) is 13.1 Å². The molecule has 0 saturated heterocycles. The van der Waals surface area contributed by atoms with Crippen LogP contribution in [0.15, 0.2) is 58.4 Å². The van der Waals surface area contributed by atoms with E-state index in [1.807, 2.05) is 36.5 Å². The molecule has 0 fully saturated rings. The third kappa shape index (κ3) is 5.12. The third-order valence-electron chi connectivity index (χ3n) is 5.30. The average molecular weight is 558 g/mol. The molecule has 0 aliphatic heterocycles. The number of rotatable bonds is 8. The maximum atomic E-state index is 13.5. The number of anilines is 2. The number of pyridine rings is 1. The average Bonchev–Trinajstić information content (AvgIpc) is 3.66. The molecule has 1 N–H and O–H groups in total. The van der Waals surface area contributed by atoms with Gasteiger partial charge in [0.05, 0.1) is 39.9 Å². The largest absolute Gasteiger partial charge is 0.376 e.